The van der Waals surface area contributed by atoms with Gasteiger partial charge in [-0.15, -0.1) is 0 Å². The summed E-state index contributed by atoms with van der Waals surface area (Å²) in [5.74, 6) is 0. The van der Waals surface area contributed by atoms with Gasteiger partial charge in [0.25, 0.3) is 0 Å². The fourth-order valence-corrected chi connectivity index (χ4v) is 7.99. The maximum absolute atomic E-state index is 5.31. The van der Waals surface area contributed by atoms with E-state index >= 15 is 0 Å². The molecule has 0 aliphatic heterocycles. The Morgan fingerprint density at radius 3 is 1.19 bits per heavy atom. The van der Waals surface area contributed by atoms with Crippen LogP contribution in [0.15, 0.2) is 200 Å². The Bertz CT molecular complexity index is 2910. The van der Waals surface area contributed by atoms with E-state index in [1.165, 1.54) is 76.8 Å². The molecule has 9 aromatic carbocycles. The van der Waals surface area contributed by atoms with Crippen molar-refractivity contribution in [2.45, 2.75) is 0 Å². The van der Waals surface area contributed by atoms with Crippen molar-refractivity contribution < 1.29 is 0 Å². The van der Waals surface area contributed by atoms with Crippen LogP contribution in [0.5, 0.6) is 0 Å². The monoisotopic (exact) mass is 659 g/mol. The standard InChI is InChI=1S/C51H33N/c1-3-13-34(14-4-1)36-23-27-38(28-24-36)49-43-19-8-9-20-44(43)50(39-29-25-37(26-30-39)35-15-5-2-6-16-35)47-33-40(31-32-45(47)49)51-46-21-10-7-17-41(46)42-18-11-12-22-48(42)52-51/h1-33H. The highest BCUT2D eigenvalue weighted by Crippen LogP contribution is 2.46. The Hall–Kier alpha value is -6.83. The topological polar surface area (TPSA) is 12.9 Å². The Morgan fingerprint density at radius 1 is 0.231 bits per heavy atom. The number of rotatable bonds is 5. The SMILES string of the molecule is c1ccc(-c2ccc(-c3c4ccccc4c(-c4ccc(-c5ccccc5)cc4)c4cc(-c5nc6ccccc6c6ccccc56)ccc34)cc2)cc1. The van der Waals surface area contributed by atoms with Gasteiger partial charge in [-0.25, -0.2) is 4.98 Å². The van der Waals surface area contributed by atoms with Gasteiger partial charge in [0, 0.05) is 16.3 Å². The van der Waals surface area contributed by atoms with Crippen molar-refractivity contribution in [2.75, 3.05) is 0 Å². The molecule has 1 heterocycles. The summed E-state index contributed by atoms with van der Waals surface area (Å²) in [6.07, 6.45) is 0. The second-order valence-electron chi connectivity index (χ2n) is 13.5. The molecule has 1 aromatic heterocycles. The highest BCUT2D eigenvalue weighted by molar-refractivity contribution is 6.22. The average molecular weight is 660 g/mol. The van der Waals surface area contributed by atoms with Crippen molar-refractivity contribution >= 4 is 43.2 Å². The molecule has 0 spiro atoms. The minimum absolute atomic E-state index is 1.00. The highest BCUT2D eigenvalue weighted by atomic mass is 14.7. The minimum Gasteiger partial charge on any atom is -0.247 e. The van der Waals surface area contributed by atoms with E-state index in [-0.39, 0.29) is 0 Å². The summed E-state index contributed by atoms with van der Waals surface area (Å²) in [7, 11) is 0. The molecule has 0 N–H and O–H groups in total. The summed E-state index contributed by atoms with van der Waals surface area (Å²) in [4.78, 5) is 5.31. The summed E-state index contributed by atoms with van der Waals surface area (Å²) in [6.45, 7) is 0. The lowest BCUT2D eigenvalue weighted by atomic mass is 9.84. The van der Waals surface area contributed by atoms with Crippen LogP contribution in [0, 0.1) is 0 Å². The van der Waals surface area contributed by atoms with Crippen molar-refractivity contribution in [1.29, 1.82) is 0 Å². The van der Waals surface area contributed by atoms with E-state index in [1.807, 2.05) is 0 Å². The van der Waals surface area contributed by atoms with Crippen molar-refractivity contribution in [3.63, 3.8) is 0 Å². The van der Waals surface area contributed by atoms with Gasteiger partial charge in [-0.1, -0.05) is 188 Å². The molecule has 1 nitrogen and oxygen atoms in total. The zero-order valence-corrected chi connectivity index (χ0v) is 28.5. The lowest BCUT2D eigenvalue weighted by Crippen LogP contribution is -1.93. The molecular formula is C51H33N. The van der Waals surface area contributed by atoms with E-state index in [4.69, 9.17) is 4.98 Å². The van der Waals surface area contributed by atoms with Crippen molar-refractivity contribution in [3.8, 4) is 55.8 Å². The van der Waals surface area contributed by atoms with E-state index in [0.29, 0.717) is 0 Å². The Labute approximate surface area is 303 Å². The first-order valence-corrected chi connectivity index (χ1v) is 17.9. The molecule has 10 aromatic rings. The van der Waals surface area contributed by atoms with Crippen LogP contribution in [0.4, 0.5) is 0 Å². The molecule has 0 fully saturated rings. The average Bonchev–Trinajstić information content (AvgIpc) is 3.23. The number of pyridine rings is 1. The lowest BCUT2D eigenvalue weighted by molar-refractivity contribution is 1.43. The van der Waals surface area contributed by atoms with Crippen LogP contribution in [-0.2, 0) is 0 Å². The Balaban J connectivity index is 1.25. The van der Waals surface area contributed by atoms with Gasteiger partial charge in [0.15, 0.2) is 0 Å². The zero-order valence-electron chi connectivity index (χ0n) is 28.5. The number of hydrogen-bond donors (Lipinski definition) is 0. The summed E-state index contributed by atoms with van der Waals surface area (Å²) in [6, 6.07) is 72.4. The van der Waals surface area contributed by atoms with Gasteiger partial charge in [0.1, 0.15) is 0 Å². The van der Waals surface area contributed by atoms with Gasteiger partial charge >= 0.3 is 0 Å². The first-order valence-electron chi connectivity index (χ1n) is 17.9. The smallest absolute Gasteiger partial charge is 0.0788 e. The van der Waals surface area contributed by atoms with E-state index in [2.05, 4.69) is 200 Å². The fraction of sp³-hybridized carbons (Fsp3) is 0. The molecule has 242 valence electrons. The van der Waals surface area contributed by atoms with E-state index in [1.54, 1.807) is 0 Å². The maximum Gasteiger partial charge on any atom is 0.0788 e. The second-order valence-corrected chi connectivity index (χ2v) is 13.5. The van der Waals surface area contributed by atoms with Crippen LogP contribution < -0.4 is 0 Å². The number of aromatic nitrogens is 1. The normalized spacial score (nSPS) is 11.5. The molecule has 0 aliphatic carbocycles. The number of nitrogens with zero attached hydrogens (tertiary/aromatic N) is 1. The zero-order chi connectivity index (χ0) is 34.4. The number of fused-ring (bicyclic) bond motifs is 5. The highest BCUT2D eigenvalue weighted by Gasteiger charge is 2.19. The summed E-state index contributed by atoms with van der Waals surface area (Å²) in [5.41, 5.74) is 12.9. The van der Waals surface area contributed by atoms with Crippen molar-refractivity contribution in [3.05, 3.63) is 200 Å². The number of hydrogen-bond acceptors (Lipinski definition) is 1. The molecule has 0 saturated heterocycles. The molecule has 10 rings (SSSR count). The van der Waals surface area contributed by atoms with Crippen molar-refractivity contribution in [2.24, 2.45) is 0 Å². The molecule has 0 amide bonds. The van der Waals surface area contributed by atoms with E-state index < -0.39 is 0 Å². The molecule has 0 aliphatic rings. The Morgan fingerprint density at radius 2 is 0.615 bits per heavy atom. The molecule has 0 saturated carbocycles. The predicted molar refractivity (Wildman–Crippen MR) is 221 cm³/mol. The molecular weight excluding hydrogens is 627 g/mol. The Kier molecular flexibility index (Phi) is 7.22. The maximum atomic E-state index is 5.31. The van der Waals surface area contributed by atoms with Crippen LogP contribution in [-0.4, -0.2) is 4.98 Å². The minimum atomic E-state index is 1.00. The van der Waals surface area contributed by atoms with Crippen LogP contribution >= 0.6 is 0 Å². The third-order valence-corrected chi connectivity index (χ3v) is 10.5. The summed E-state index contributed by atoms with van der Waals surface area (Å²) in [5, 5.41) is 8.47. The first kappa shape index (κ1) is 30.0. The third-order valence-electron chi connectivity index (χ3n) is 10.5. The van der Waals surface area contributed by atoms with Gasteiger partial charge in [0.2, 0.25) is 0 Å². The van der Waals surface area contributed by atoms with Crippen LogP contribution in [0.2, 0.25) is 0 Å². The largest absolute Gasteiger partial charge is 0.247 e. The van der Waals surface area contributed by atoms with Gasteiger partial charge in [-0.2, -0.15) is 0 Å². The summed E-state index contributed by atoms with van der Waals surface area (Å²) >= 11 is 0. The molecule has 52 heavy (non-hydrogen) atoms. The molecule has 0 radical (unpaired) electrons. The van der Waals surface area contributed by atoms with Gasteiger partial charge in [0.05, 0.1) is 11.2 Å². The third kappa shape index (κ3) is 5.06. The second kappa shape index (κ2) is 12.5. The number of para-hydroxylation sites is 1. The van der Waals surface area contributed by atoms with Crippen LogP contribution in [0.1, 0.15) is 0 Å². The van der Waals surface area contributed by atoms with Crippen molar-refractivity contribution in [1.82, 2.24) is 4.98 Å². The fourth-order valence-electron chi connectivity index (χ4n) is 7.99. The quantitative estimate of drug-likeness (QED) is 0.132. The van der Waals surface area contributed by atoms with E-state index in [9.17, 15) is 0 Å². The molecule has 0 bridgehead atoms. The molecule has 1 heteroatoms. The lowest BCUT2D eigenvalue weighted by Gasteiger charge is -2.19. The number of benzene rings is 9. The predicted octanol–water partition coefficient (Wildman–Crippen LogP) is 14.0. The van der Waals surface area contributed by atoms with Crippen LogP contribution in [0.25, 0.3) is 99.0 Å². The van der Waals surface area contributed by atoms with Crippen LogP contribution in [0.3, 0.4) is 0 Å². The summed E-state index contributed by atoms with van der Waals surface area (Å²) < 4.78 is 0. The molecule has 0 atom stereocenters. The van der Waals surface area contributed by atoms with Gasteiger partial charge in [-0.3, -0.25) is 0 Å². The molecule has 0 unspecified atom stereocenters. The van der Waals surface area contributed by atoms with Gasteiger partial charge < -0.3 is 0 Å². The first-order chi connectivity index (χ1) is 25.8. The van der Waals surface area contributed by atoms with E-state index in [0.717, 1.165) is 22.2 Å². The van der Waals surface area contributed by atoms with Gasteiger partial charge in [-0.05, 0) is 83.6 Å².